The van der Waals surface area contributed by atoms with Crippen LogP contribution in [0.4, 0.5) is 5.69 Å². The molecule has 7 heteroatoms. The van der Waals surface area contributed by atoms with Gasteiger partial charge in [-0.2, -0.15) is 5.10 Å². The van der Waals surface area contributed by atoms with E-state index >= 15 is 0 Å². The van der Waals surface area contributed by atoms with E-state index in [2.05, 4.69) is 31.8 Å². The van der Waals surface area contributed by atoms with Crippen molar-refractivity contribution in [3.8, 4) is 5.75 Å². The molecule has 0 unspecified atom stereocenters. The first kappa shape index (κ1) is 16.7. The number of benzene rings is 2. The Morgan fingerprint density at radius 3 is 2.57 bits per heavy atom. The fraction of sp³-hybridized carbons (Fsp3) is 0.0625. The smallest absolute Gasteiger partial charge is 0.329 e. The van der Waals surface area contributed by atoms with Gasteiger partial charge in [-0.1, -0.05) is 34.1 Å². The van der Waals surface area contributed by atoms with Crippen LogP contribution in [0, 0.1) is 0 Å². The second-order valence-corrected chi connectivity index (χ2v) is 5.26. The first-order valence-corrected chi connectivity index (χ1v) is 7.42. The summed E-state index contributed by atoms with van der Waals surface area (Å²) in [5.74, 6) is -0.995. The van der Waals surface area contributed by atoms with Crippen LogP contribution in [0.5, 0.6) is 5.75 Å². The van der Waals surface area contributed by atoms with Crippen LogP contribution in [0.15, 0.2) is 58.1 Å². The number of nitrogens with one attached hydrogen (secondary N) is 2. The highest BCUT2D eigenvalue weighted by Gasteiger charge is 2.12. The molecule has 0 aliphatic heterocycles. The van der Waals surface area contributed by atoms with Gasteiger partial charge in [0.25, 0.3) is 0 Å². The van der Waals surface area contributed by atoms with Gasteiger partial charge < -0.3 is 10.1 Å². The van der Waals surface area contributed by atoms with E-state index in [9.17, 15) is 9.59 Å². The molecule has 0 fully saturated rings. The zero-order valence-corrected chi connectivity index (χ0v) is 13.8. The summed E-state index contributed by atoms with van der Waals surface area (Å²) in [6.45, 7) is 0. The lowest BCUT2D eigenvalue weighted by Gasteiger charge is -2.04. The summed E-state index contributed by atoms with van der Waals surface area (Å²) >= 11 is 3.36. The van der Waals surface area contributed by atoms with Crippen LogP contribution in [0.3, 0.4) is 0 Å². The summed E-state index contributed by atoms with van der Waals surface area (Å²) < 4.78 is 5.89. The number of carbonyl (C=O) groups excluding carboxylic acids is 2. The van der Waals surface area contributed by atoms with Gasteiger partial charge in [-0.15, -0.1) is 0 Å². The monoisotopic (exact) mass is 375 g/mol. The van der Waals surface area contributed by atoms with E-state index in [1.807, 2.05) is 6.07 Å². The topological polar surface area (TPSA) is 79.8 Å². The Bertz CT molecular complexity index is 733. The third-order valence-corrected chi connectivity index (χ3v) is 3.53. The fourth-order valence-corrected chi connectivity index (χ4v) is 2.02. The molecular formula is C16H14BrN3O3. The molecule has 2 rings (SSSR count). The van der Waals surface area contributed by atoms with E-state index in [-0.39, 0.29) is 0 Å². The van der Waals surface area contributed by atoms with Crippen LogP contribution in [0.1, 0.15) is 5.56 Å². The number of ether oxygens (including phenoxy) is 1. The molecule has 2 aromatic rings. The number of amides is 2. The molecule has 0 bridgehead atoms. The summed E-state index contributed by atoms with van der Waals surface area (Å²) in [7, 11) is 1.56. The summed E-state index contributed by atoms with van der Waals surface area (Å²) in [5.41, 5.74) is 3.41. The van der Waals surface area contributed by atoms with E-state index in [1.54, 1.807) is 49.6 Å². The lowest BCUT2D eigenvalue weighted by molar-refractivity contribution is -0.136. The van der Waals surface area contributed by atoms with Gasteiger partial charge in [0.15, 0.2) is 0 Å². The fourth-order valence-electron chi connectivity index (χ4n) is 1.67. The molecule has 0 saturated heterocycles. The largest absolute Gasteiger partial charge is 0.497 e. The summed E-state index contributed by atoms with van der Waals surface area (Å²) in [6, 6.07) is 14.0. The molecule has 23 heavy (non-hydrogen) atoms. The molecule has 2 N–H and O–H groups in total. The summed E-state index contributed by atoms with van der Waals surface area (Å²) in [6.07, 6.45) is 1.42. The Morgan fingerprint density at radius 2 is 1.87 bits per heavy atom. The van der Waals surface area contributed by atoms with Gasteiger partial charge in [0.05, 0.1) is 13.3 Å². The molecule has 2 aromatic carbocycles. The first-order valence-electron chi connectivity index (χ1n) is 6.63. The molecular weight excluding hydrogens is 362 g/mol. The van der Waals surface area contributed by atoms with E-state index in [0.717, 1.165) is 4.47 Å². The van der Waals surface area contributed by atoms with Crippen molar-refractivity contribution in [2.75, 3.05) is 12.4 Å². The van der Waals surface area contributed by atoms with Gasteiger partial charge in [-0.3, -0.25) is 9.59 Å². The number of nitrogens with zero attached hydrogens (tertiary/aromatic N) is 1. The number of carbonyl (C=O) groups is 2. The van der Waals surface area contributed by atoms with Crippen molar-refractivity contribution in [3.05, 3.63) is 58.6 Å². The van der Waals surface area contributed by atoms with E-state index in [0.29, 0.717) is 17.0 Å². The molecule has 0 radical (unpaired) electrons. The number of hydrogen-bond donors (Lipinski definition) is 2. The van der Waals surface area contributed by atoms with Crippen LogP contribution in [-0.2, 0) is 9.59 Å². The number of rotatable bonds is 4. The predicted molar refractivity (Wildman–Crippen MR) is 91.5 cm³/mol. The maximum absolute atomic E-state index is 11.7. The maximum atomic E-state index is 11.7. The van der Waals surface area contributed by atoms with Crippen LogP contribution in [-0.4, -0.2) is 25.1 Å². The third-order valence-electron chi connectivity index (χ3n) is 2.81. The highest BCUT2D eigenvalue weighted by atomic mass is 79.9. The lowest BCUT2D eigenvalue weighted by atomic mass is 10.2. The zero-order chi connectivity index (χ0) is 16.7. The molecule has 2 amide bonds. The lowest BCUT2D eigenvalue weighted by Crippen LogP contribution is -2.32. The minimum atomic E-state index is -0.857. The quantitative estimate of drug-likeness (QED) is 0.489. The Balaban J connectivity index is 1.94. The summed E-state index contributed by atoms with van der Waals surface area (Å²) in [4.78, 5) is 23.4. The second-order valence-electron chi connectivity index (χ2n) is 4.41. The van der Waals surface area contributed by atoms with E-state index in [4.69, 9.17) is 4.74 Å². The normalized spacial score (nSPS) is 10.3. The van der Waals surface area contributed by atoms with Gasteiger partial charge in [0.2, 0.25) is 0 Å². The maximum Gasteiger partial charge on any atom is 0.329 e. The molecule has 0 heterocycles. The van der Waals surface area contributed by atoms with E-state index < -0.39 is 11.8 Å². The van der Waals surface area contributed by atoms with Crippen LogP contribution >= 0.6 is 15.9 Å². The average molecular weight is 376 g/mol. The van der Waals surface area contributed by atoms with Crippen LogP contribution in [0.2, 0.25) is 0 Å². The molecule has 0 aliphatic carbocycles. The molecule has 0 saturated carbocycles. The Kier molecular flexibility index (Phi) is 5.87. The average Bonchev–Trinajstić information content (AvgIpc) is 2.57. The van der Waals surface area contributed by atoms with Gasteiger partial charge >= 0.3 is 11.8 Å². The van der Waals surface area contributed by atoms with E-state index in [1.165, 1.54) is 6.21 Å². The number of hydrogen-bond acceptors (Lipinski definition) is 4. The zero-order valence-electron chi connectivity index (χ0n) is 12.2. The van der Waals surface area contributed by atoms with Crippen molar-refractivity contribution >= 4 is 39.6 Å². The summed E-state index contributed by atoms with van der Waals surface area (Å²) in [5, 5.41) is 6.24. The van der Waals surface area contributed by atoms with Crippen LogP contribution < -0.4 is 15.5 Å². The molecule has 0 spiro atoms. The molecule has 118 valence electrons. The van der Waals surface area contributed by atoms with Crippen molar-refractivity contribution in [3.63, 3.8) is 0 Å². The number of halogens is 1. The van der Waals surface area contributed by atoms with Crippen molar-refractivity contribution in [2.24, 2.45) is 5.10 Å². The SMILES string of the molecule is COc1ccc(Br)c(/C=N/NC(=O)C(=O)Nc2ccccc2)c1. The van der Waals surface area contributed by atoms with Gasteiger partial charge in [-0.25, -0.2) is 5.43 Å². The first-order chi connectivity index (χ1) is 11.1. The number of hydrazone groups is 1. The molecule has 0 aromatic heterocycles. The van der Waals surface area contributed by atoms with Gasteiger partial charge in [0.1, 0.15) is 5.75 Å². The van der Waals surface area contributed by atoms with Crippen molar-refractivity contribution < 1.29 is 14.3 Å². The Labute approximate surface area is 141 Å². The minimum Gasteiger partial charge on any atom is -0.497 e. The standard InChI is InChI=1S/C16H14BrN3O3/c1-23-13-7-8-14(17)11(9-13)10-18-20-16(22)15(21)19-12-5-3-2-4-6-12/h2-10H,1H3,(H,19,21)(H,20,22)/b18-10+. The third kappa shape index (κ3) is 4.93. The van der Waals surface area contributed by atoms with Gasteiger partial charge in [-0.05, 0) is 30.3 Å². The number of para-hydroxylation sites is 1. The highest BCUT2D eigenvalue weighted by Crippen LogP contribution is 2.20. The Morgan fingerprint density at radius 1 is 1.13 bits per heavy atom. The second kappa shape index (κ2) is 8.09. The Hall–Kier alpha value is -2.67. The molecule has 6 nitrogen and oxygen atoms in total. The predicted octanol–water partition coefficient (Wildman–Crippen LogP) is 2.55. The van der Waals surface area contributed by atoms with Crippen molar-refractivity contribution in [1.29, 1.82) is 0 Å². The molecule has 0 atom stereocenters. The number of methoxy groups -OCH3 is 1. The van der Waals surface area contributed by atoms with Crippen molar-refractivity contribution in [1.82, 2.24) is 5.43 Å². The highest BCUT2D eigenvalue weighted by molar-refractivity contribution is 9.10. The minimum absolute atomic E-state index is 0.534. The van der Waals surface area contributed by atoms with Crippen molar-refractivity contribution in [2.45, 2.75) is 0 Å². The van der Waals surface area contributed by atoms with Crippen LogP contribution in [0.25, 0.3) is 0 Å². The molecule has 0 aliphatic rings. The number of anilines is 1. The van der Waals surface area contributed by atoms with Gasteiger partial charge in [0, 0.05) is 15.7 Å².